The Morgan fingerprint density at radius 3 is 2.95 bits per heavy atom. The Bertz CT molecular complexity index is 479. The van der Waals surface area contributed by atoms with Crippen LogP contribution in [0.4, 0.5) is 5.69 Å². The molecule has 0 spiro atoms. The first-order chi connectivity index (χ1) is 9.56. The highest BCUT2D eigenvalue weighted by molar-refractivity contribution is 9.10. The summed E-state index contributed by atoms with van der Waals surface area (Å²) >= 11 is 3.41. The van der Waals surface area contributed by atoms with E-state index in [2.05, 4.69) is 33.5 Å². The zero-order valence-corrected chi connectivity index (χ0v) is 13.5. The average molecular weight is 341 g/mol. The van der Waals surface area contributed by atoms with Crippen molar-refractivity contribution in [2.24, 2.45) is 0 Å². The monoisotopic (exact) mass is 340 g/mol. The molecule has 1 aromatic rings. The van der Waals surface area contributed by atoms with Crippen LogP contribution in [0.5, 0.6) is 0 Å². The highest BCUT2D eigenvalue weighted by atomic mass is 79.9. The molecule has 1 amide bonds. The third kappa shape index (κ3) is 4.30. The fraction of sp³-hybridized carbons (Fsp3) is 0.533. The number of aryl methyl sites for hydroxylation is 1. The molecule has 0 radical (unpaired) electrons. The Kier molecular flexibility index (Phi) is 5.57. The Balaban J connectivity index is 1.75. The van der Waals surface area contributed by atoms with Gasteiger partial charge in [-0.15, -0.1) is 0 Å². The van der Waals surface area contributed by atoms with Gasteiger partial charge in [-0.3, -0.25) is 4.79 Å². The molecule has 0 bridgehead atoms. The summed E-state index contributed by atoms with van der Waals surface area (Å²) in [7, 11) is 0. The number of hydrogen-bond acceptors (Lipinski definition) is 3. The largest absolute Gasteiger partial charge is 0.377 e. The molecule has 0 aliphatic carbocycles. The van der Waals surface area contributed by atoms with E-state index in [1.165, 1.54) is 0 Å². The van der Waals surface area contributed by atoms with Crippen LogP contribution in [0.15, 0.2) is 22.7 Å². The quantitative estimate of drug-likeness (QED) is 0.866. The number of carbonyl (C=O) groups is 1. The number of ether oxygens (including phenoxy) is 1. The summed E-state index contributed by atoms with van der Waals surface area (Å²) in [6, 6.07) is 6.21. The van der Waals surface area contributed by atoms with Gasteiger partial charge in [-0.1, -0.05) is 15.9 Å². The number of halogens is 1. The maximum atomic E-state index is 11.9. The van der Waals surface area contributed by atoms with Crippen LogP contribution in [-0.4, -0.2) is 31.2 Å². The number of rotatable bonds is 5. The van der Waals surface area contributed by atoms with Gasteiger partial charge in [0.25, 0.3) is 0 Å². The molecule has 1 aromatic carbocycles. The van der Waals surface area contributed by atoms with Crippen molar-refractivity contribution in [2.75, 3.05) is 18.5 Å². The summed E-state index contributed by atoms with van der Waals surface area (Å²) in [5.74, 6) is 0.0366. The van der Waals surface area contributed by atoms with Crippen LogP contribution in [0.1, 0.15) is 25.3 Å². The zero-order chi connectivity index (χ0) is 14.5. The van der Waals surface area contributed by atoms with Crippen molar-refractivity contribution < 1.29 is 9.53 Å². The second-order valence-electron chi connectivity index (χ2n) is 5.18. The van der Waals surface area contributed by atoms with Crippen molar-refractivity contribution in [1.29, 1.82) is 0 Å². The molecule has 110 valence electrons. The van der Waals surface area contributed by atoms with Gasteiger partial charge < -0.3 is 15.4 Å². The molecule has 2 N–H and O–H groups in total. The van der Waals surface area contributed by atoms with Crippen molar-refractivity contribution in [3.8, 4) is 0 Å². The van der Waals surface area contributed by atoms with Gasteiger partial charge in [0.2, 0.25) is 5.91 Å². The van der Waals surface area contributed by atoms with Gasteiger partial charge in [-0.2, -0.15) is 0 Å². The van der Waals surface area contributed by atoms with Crippen LogP contribution in [0.25, 0.3) is 0 Å². The van der Waals surface area contributed by atoms with E-state index in [9.17, 15) is 4.79 Å². The van der Waals surface area contributed by atoms with Gasteiger partial charge in [0.1, 0.15) is 0 Å². The van der Waals surface area contributed by atoms with Crippen molar-refractivity contribution in [2.45, 2.75) is 38.8 Å². The second kappa shape index (κ2) is 7.20. The minimum Gasteiger partial charge on any atom is -0.377 e. The van der Waals surface area contributed by atoms with Crippen LogP contribution >= 0.6 is 15.9 Å². The number of anilines is 1. The maximum absolute atomic E-state index is 11.9. The lowest BCUT2D eigenvalue weighted by Gasteiger charge is -2.16. The van der Waals surface area contributed by atoms with Gasteiger partial charge in [0.15, 0.2) is 0 Å². The lowest BCUT2D eigenvalue weighted by molar-refractivity contribution is -0.116. The van der Waals surface area contributed by atoms with E-state index in [-0.39, 0.29) is 12.0 Å². The van der Waals surface area contributed by atoms with Gasteiger partial charge in [0, 0.05) is 35.8 Å². The SMILES string of the molecule is Cc1cc(Br)ccc1NC(=O)CCN[C@@H]1CCO[C@@H]1C. The van der Waals surface area contributed by atoms with Gasteiger partial charge in [-0.25, -0.2) is 0 Å². The van der Waals surface area contributed by atoms with Gasteiger partial charge >= 0.3 is 0 Å². The van der Waals surface area contributed by atoms with E-state index >= 15 is 0 Å². The third-order valence-corrected chi connectivity index (χ3v) is 4.09. The van der Waals surface area contributed by atoms with E-state index in [1.807, 2.05) is 25.1 Å². The predicted octanol–water partition coefficient (Wildman–Crippen LogP) is 2.85. The van der Waals surface area contributed by atoms with Crippen molar-refractivity contribution in [1.82, 2.24) is 5.32 Å². The Morgan fingerprint density at radius 1 is 1.50 bits per heavy atom. The van der Waals surface area contributed by atoms with E-state index in [4.69, 9.17) is 4.74 Å². The molecule has 0 aromatic heterocycles. The minimum atomic E-state index is 0.0366. The first-order valence-corrected chi connectivity index (χ1v) is 7.76. The van der Waals surface area contributed by atoms with Gasteiger partial charge in [-0.05, 0) is 44.0 Å². The molecule has 1 aliphatic rings. The predicted molar refractivity (Wildman–Crippen MR) is 83.9 cm³/mol. The Hall–Kier alpha value is -0.910. The molecule has 1 fully saturated rings. The summed E-state index contributed by atoms with van der Waals surface area (Å²) in [6.07, 6.45) is 1.74. The fourth-order valence-corrected chi connectivity index (χ4v) is 2.83. The molecule has 1 saturated heterocycles. The van der Waals surface area contributed by atoms with Crippen molar-refractivity contribution >= 4 is 27.5 Å². The molecule has 2 rings (SSSR count). The summed E-state index contributed by atoms with van der Waals surface area (Å²) in [4.78, 5) is 11.9. The van der Waals surface area contributed by atoms with E-state index in [0.29, 0.717) is 19.0 Å². The second-order valence-corrected chi connectivity index (χ2v) is 6.10. The highest BCUT2D eigenvalue weighted by Gasteiger charge is 2.23. The maximum Gasteiger partial charge on any atom is 0.225 e. The molecular formula is C15H21BrN2O2. The van der Waals surface area contributed by atoms with Crippen LogP contribution in [0.3, 0.4) is 0 Å². The average Bonchev–Trinajstić information content (AvgIpc) is 2.79. The standard InChI is InChI=1S/C15H21BrN2O2/c1-10-9-12(16)3-4-13(10)18-15(19)5-7-17-14-6-8-20-11(14)2/h3-4,9,11,14,17H,5-8H2,1-2H3,(H,18,19)/t11-,14-/m1/s1. The van der Waals surface area contributed by atoms with E-state index in [1.54, 1.807) is 0 Å². The van der Waals surface area contributed by atoms with Crippen molar-refractivity contribution in [3.05, 3.63) is 28.2 Å². The lowest BCUT2D eigenvalue weighted by Crippen LogP contribution is -2.36. The molecule has 0 unspecified atom stereocenters. The summed E-state index contributed by atoms with van der Waals surface area (Å²) in [5.41, 5.74) is 1.93. The summed E-state index contributed by atoms with van der Waals surface area (Å²) in [6.45, 7) is 5.54. The summed E-state index contributed by atoms with van der Waals surface area (Å²) in [5, 5.41) is 6.32. The lowest BCUT2D eigenvalue weighted by atomic mass is 10.1. The normalized spacial score (nSPS) is 21.9. The Labute approximate surface area is 128 Å². The van der Waals surface area contributed by atoms with Crippen LogP contribution < -0.4 is 10.6 Å². The van der Waals surface area contributed by atoms with E-state index < -0.39 is 0 Å². The number of hydrogen-bond donors (Lipinski definition) is 2. The van der Waals surface area contributed by atoms with Gasteiger partial charge in [0.05, 0.1) is 6.10 Å². The van der Waals surface area contributed by atoms with E-state index in [0.717, 1.165) is 28.8 Å². The highest BCUT2D eigenvalue weighted by Crippen LogP contribution is 2.20. The number of nitrogens with one attached hydrogen (secondary N) is 2. The fourth-order valence-electron chi connectivity index (χ4n) is 2.35. The number of carbonyl (C=O) groups excluding carboxylic acids is 1. The van der Waals surface area contributed by atoms with Crippen LogP contribution in [-0.2, 0) is 9.53 Å². The third-order valence-electron chi connectivity index (χ3n) is 3.60. The zero-order valence-electron chi connectivity index (χ0n) is 11.9. The molecule has 4 nitrogen and oxygen atoms in total. The van der Waals surface area contributed by atoms with Crippen LogP contribution in [0.2, 0.25) is 0 Å². The first kappa shape index (κ1) is 15.5. The first-order valence-electron chi connectivity index (χ1n) is 6.97. The topological polar surface area (TPSA) is 50.4 Å². The molecule has 1 aliphatic heterocycles. The minimum absolute atomic E-state index is 0.0366. The summed E-state index contributed by atoms with van der Waals surface area (Å²) < 4.78 is 6.50. The smallest absolute Gasteiger partial charge is 0.225 e. The molecule has 2 atom stereocenters. The molecular weight excluding hydrogens is 320 g/mol. The molecule has 0 saturated carbocycles. The Morgan fingerprint density at radius 2 is 2.30 bits per heavy atom. The molecule has 20 heavy (non-hydrogen) atoms. The number of amides is 1. The molecule has 1 heterocycles. The van der Waals surface area contributed by atoms with Crippen LogP contribution in [0, 0.1) is 6.92 Å². The number of benzene rings is 1. The van der Waals surface area contributed by atoms with Crippen molar-refractivity contribution in [3.63, 3.8) is 0 Å². The molecule has 5 heteroatoms.